The normalized spacial score (nSPS) is 11.7. The molecule has 0 saturated carbocycles. The third-order valence-electron chi connectivity index (χ3n) is 5.00. The number of hydrogen-bond donors (Lipinski definition) is 1. The summed E-state index contributed by atoms with van der Waals surface area (Å²) in [7, 11) is -2.64. The molecule has 0 fully saturated rings. The standard InChI is InChI=1S/C24H23F3N2O4S/c1-17-6-12-22(13-7-17)34(31,32)29(20-8-10-21(33-2)11-9-20)16-23(30)28-15-18-4-3-5-19(14-18)24(25,26)27/h3-14H,15-16H2,1-2H3,(H,28,30). The highest BCUT2D eigenvalue weighted by Gasteiger charge is 2.30. The van der Waals surface area contributed by atoms with Crippen molar-refractivity contribution in [3.8, 4) is 5.75 Å². The van der Waals surface area contributed by atoms with Gasteiger partial charge in [0, 0.05) is 6.54 Å². The molecule has 1 amide bonds. The zero-order valence-corrected chi connectivity index (χ0v) is 19.3. The Morgan fingerprint density at radius 2 is 1.65 bits per heavy atom. The van der Waals surface area contributed by atoms with Crippen molar-refractivity contribution >= 4 is 21.6 Å². The Hall–Kier alpha value is -3.53. The lowest BCUT2D eigenvalue weighted by atomic mass is 10.1. The molecule has 0 atom stereocenters. The molecule has 6 nitrogen and oxygen atoms in total. The third-order valence-corrected chi connectivity index (χ3v) is 6.79. The predicted octanol–water partition coefficient (Wildman–Crippen LogP) is 4.53. The number of benzene rings is 3. The Bertz CT molecular complexity index is 1240. The largest absolute Gasteiger partial charge is 0.497 e. The second-order valence-electron chi connectivity index (χ2n) is 7.50. The molecule has 3 aromatic rings. The number of methoxy groups -OCH3 is 1. The first kappa shape index (κ1) is 25.1. The number of aryl methyl sites for hydroxylation is 1. The number of amides is 1. The number of rotatable bonds is 8. The second kappa shape index (κ2) is 10.2. The van der Waals surface area contributed by atoms with Gasteiger partial charge in [0.15, 0.2) is 0 Å². The minimum Gasteiger partial charge on any atom is -0.497 e. The van der Waals surface area contributed by atoms with Crippen LogP contribution in [0.1, 0.15) is 16.7 Å². The van der Waals surface area contributed by atoms with Crippen LogP contribution >= 0.6 is 0 Å². The van der Waals surface area contributed by atoms with Crippen molar-refractivity contribution in [1.29, 1.82) is 0 Å². The summed E-state index contributed by atoms with van der Waals surface area (Å²) >= 11 is 0. The van der Waals surface area contributed by atoms with Gasteiger partial charge in [-0.2, -0.15) is 13.2 Å². The van der Waals surface area contributed by atoms with Crippen LogP contribution in [0.2, 0.25) is 0 Å². The number of hydrogen-bond acceptors (Lipinski definition) is 4. The smallest absolute Gasteiger partial charge is 0.416 e. The molecule has 0 aliphatic heterocycles. The van der Waals surface area contributed by atoms with Crippen LogP contribution in [0.3, 0.4) is 0 Å². The SMILES string of the molecule is COc1ccc(N(CC(=O)NCc2cccc(C(F)(F)F)c2)S(=O)(=O)c2ccc(C)cc2)cc1. The summed E-state index contributed by atoms with van der Waals surface area (Å²) < 4.78 is 71.5. The minimum atomic E-state index is -4.51. The van der Waals surface area contributed by atoms with E-state index in [1.807, 2.05) is 6.92 Å². The molecular formula is C24H23F3N2O4S. The Kier molecular flexibility index (Phi) is 7.51. The number of carbonyl (C=O) groups is 1. The first-order valence-corrected chi connectivity index (χ1v) is 11.6. The van der Waals surface area contributed by atoms with Crippen LogP contribution in [0.15, 0.2) is 77.7 Å². The van der Waals surface area contributed by atoms with Crippen molar-refractivity contribution in [2.45, 2.75) is 24.5 Å². The van der Waals surface area contributed by atoms with E-state index in [2.05, 4.69) is 5.32 Å². The molecule has 0 aliphatic carbocycles. The zero-order valence-electron chi connectivity index (χ0n) is 18.5. The average molecular weight is 493 g/mol. The van der Waals surface area contributed by atoms with Gasteiger partial charge < -0.3 is 10.1 Å². The molecule has 0 saturated heterocycles. The van der Waals surface area contributed by atoms with E-state index in [-0.39, 0.29) is 22.7 Å². The van der Waals surface area contributed by atoms with Gasteiger partial charge in [0.05, 0.1) is 23.3 Å². The lowest BCUT2D eigenvalue weighted by Gasteiger charge is -2.24. The topological polar surface area (TPSA) is 75.7 Å². The number of nitrogens with one attached hydrogen (secondary N) is 1. The number of anilines is 1. The molecule has 3 aromatic carbocycles. The fourth-order valence-corrected chi connectivity index (χ4v) is 4.57. The molecule has 0 aromatic heterocycles. The van der Waals surface area contributed by atoms with Crippen molar-refractivity contribution in [3.63, 3.8) is 0 Å². The van der Waals surface area contributed by atoms with E-state index >= 15 is 0 Å². The fraction of sp³-hybridized carbons (Fsp3) is 0.208. The molecule has 0 aliphatic rings. The van der Waals surface area contributed by atoms with Crippen molar-refractivity contribution < 1.29 is 31.1 Å². The van der Waals surface area contributed by atoms with Crippen molar-refractivity contribution in [2.75, 3.05) is 18.0 Å². The first-order valence-electron chi connectivity index (χ1n) is 10.2. The molecule has 10 heteroatoms. The highest BCUT2D eigenvalue weighted by molar-refractivity contribution is 7.92. The fourth-order valence-electron chi connectivity index (χ4n) is 3.15. The van der Waals surface area contributed by atoms with Gasteiger partial charge in [-0.25, -0.2) is 8.42 Å². The van der Waals surface area contributed by atoms with Gasteiger partial charge in [-0.1, -0.05) is 29.8 Å². The number of alkyl halides is 3. The lowest BCUT2D eigenvalue weighted by molar-refractivity contribution is -0.137. The maximum atomic E-state index is 13.4. The highest BCUT2D eigenvalue weighted by Crippen LogP contribution is 2.29. The minimum absolute atomic E-state index is 0.000374. The van der Waals surface area contributed by atoms with Gasteiger partial charge in [0.2, 0.25) is 5.91 Å². The van der Waals surface area contributed by atoms with E-state index in [1.54, 1.807) is 24.3 Å². The molecule has 1 N–H and O–H groups in total. The molecule has 0 bridgehead atoms. The summed E-state index contributed by atoms with van der Waals surface area (Å²) in [6, 6.07) is 16.9. The number of carbonyl (C=O) groups excluding carboxylic acids is 1. The van der Waals surface area contributed by atoms with Crippen LogP contribution < -0.4 is 14.4 Å². The van der Waals surface area contributed by atoms with Crippen LogP contribution in [-0.4, -0.2) is 28.0 Å². The second-order valence-corrected chi connectivity index (χ2v) is 9.36. The molecule has 0 heterocycles. The van der Waals surface area contributed by atoms with Crippen LogP contribution in [0, 0.1) is 6.92 Å². The summed E-state index contributed by atoms with van der Waals surface area (Å²) in [5.41, 5.74) is 0.506. The van der Waals surface area contributed by atoms with Gasteiger partial charge in [-0.3, -0.25) is 9.10 Å². The number of sulfonamides is 1. The van der Waals surface area contributed by atoms with Crippen LogP contribution in [-0.2, 0) is 27.5 Å². The summed E-state index contributed by atoms with van der Waals surface area (Å²) in [6.45, 7) is 1.06. The molecule has 0 spiro atoms. The van der Waals surface area contributed by atoms with Gasteiger partial charge in [-0.15, -0.1) is 0 Å². The Morgan fingerprint density at radius 3 is 2.24 bits per heavy atom. The van der Waals surface area contributed by atoms with Gasteiger partial charge in [0.1, 0.15) is 12.3 Å². The van der Waals surface area contributed by atoms with Gasteiger partial charge >= 0.3 is 6.18 Å². The van der Waals surface area contributed by atoms with E-state index in [9.17, 15) is 26.4 Å². The van der Waals surface area contributed by atoms with E-state index in [4.69, 9.17) is 4.74 Å². The zero-order chi connectivity index (χ0) is 24.9. The van der Waals surface area contributed by atoms with Crippen molar-refractivity contribution in [3.05, 3.63) is 89.5 Å². The van der Waals surface area contributed by atoms with Crippen molar-refractivity contribution in [1.82, 2.24) is 5.32 Å². The number of nitrogens with zero attached hydrogens (tertiary/aromatic N) is 1. The van der Waals surface area contributed by atoms with Crippen molar-refractivity contribution in [2.24, 2.45) is 0 Å². The maximum absolute atomic E-state index is 13.4. The Labute approximate surface area is 196 Å². The molecule has 180 valence electrons. The Morgan fingerprint density at radius 1 is 1.00 bits per heavy atom. The molecular weight excluding hydrogens is 469 g/mol. The van der Waals surface area contributed by atoms with Crippen LogP contribution in [0.5, 0.6) is 5.75 Å². The number of ether oxygens (including phenoxy) is 1. The molecule has 0 unspecified atom stereocenters. The summed E-state index contributed by atoms with van der Waals surface area (Å²) in [4.78, 5) is 12.7. The Balaban J connectivity index is 1.83. The average Bonchev–Trinajstić information content (AvgIpc) is 2.81. The number of halogens is 3. The van der Waals surface area contributed by atoms with Crippen LogP contribution in [0.25, 0.3) is 0 Å². The summed E-state index contributed by atoms with van der Waals surface area (Å²) in [5.74, 6) is -0.172. The predicted molar refractivity (Wildman–Crippen MR) is 122 cm³/mol. The molecule has 34 heavy (non-hydrogen) atoms. The quantitative estimate of drug-likeness (QED) is 0.501. The monoisotopic (exact) mass is 492 g/mol. The van der Waals surface area contributed by atoms with E-state index in [1.165, 1.54) is 43.5 Å². The summed E-state index contributed by atoms with van der Waals surface area (Å²) in [6.07, 6.45) is -4.51. The first-order chi connectivity index (χ1) is 16.0. The van der Waals surface area contributed by atoms with E-state index in [0.29, 0.717) is 5.75 Å². The van der Waals surface area contributed by atoms with Gasteiger partial charge in [0.25, 0.3) is 10.0 Å². The maximum Gasteiger partial charge on any atom is 0.416 e. The van der Waals surface area contributed by atoms with Crippen LogP contribution in [0.4, 0.5) is 18.9 Å². The third kappa shape index (κ3) is 6.07. The van der Waals surface area contributed by atoms with E-state index < -0.39 is 34.2 Å². The van der Waals surface area contributed by atoms with E-state index in [0.717, 1.165) is 22.0 Å². The van der Waals surface area contributed by atoms with Gasteiger partial charge in [-0.05, 0) is 61.0 Å². The summed E-state index contributed by atoms with van der Waals surface area (Å²) in [5, 5.41) is 2.50. The highest BCUT2D eigenvalue weighted by atomic mass is 32.2. The lowest BCUT2D eigenvalue weighted by Crippen LogP contribution is -2.40. The molecule has 3 rings (SSSR count). The molecule has 0 radical (unpaired) electrons.